The maximum atomic E-state index is 10.2. The number of hydrogen-bond donors (Lipinski definition) is 1. The van der Waals surface area contributed by atoms with Crippen LogP contribution in [0.4, 0.5) is 0 Å². The van der Waals surface area contributed by atoms with Gasteiger partial charge in [0, 0.05) is 13.5 Å². The van der Waals surface area contributed by atoms with Gasteiger partial charge in [-0.15, -0.1) is 0 Å². The first-order valence-electron chi connectivity index (χ1n) is 6.46. The van der Waals surface area contributed by atoms with Crippen LogP contribution in [0.5, 0.6) is 5.75 Å². The number of methoxy groups -OCH3 is 2. The zero-order chi connectivity index (χ0) is 13.5. The molecule has 1 aromatic rings. The van der Waals surface area contributed by atoms with E-state index >= 15 is 0 Å². The third kappa shape index (κ3) is 4.00. The lowest BCUT2D eigenvalue weighted by Gasteiger charge is -2.22. The van der Waals surface area contributed by atoms with Crippen LogP contribution in [0.25, 0.3) is 0 Å². The summed E-state index contributed by atoms with van der Waals surface area (Å²) < 4.78 is 10.7. The standard InChI is InChI=1S/C15H24O3/c1-5-6-15(18-4)13(16)10-12-9-11(2)7-8-14(12)17-3/h7-9,13,15-16H,5-6,10H2,1-4H3. The van der Waals surface area contributed by atoms with Gasteiger partial charge in [-0.2, -0.15) is 0 Å². The highest BCUT2D eigenvalue weighted by molar-refractivity contribution is 5.37. The van der Waals surface area contributed by atoms with E-state index in [4.69, 9.17) is 9.47 Å². The van der Waals surface area contributed by atoms with Crippen molar-refractivity contribution in [1.29, 1.82) is 0 Å². The molecule has 0 saturated heterocycles. The lowest BCUT2D eigenvalue weighted by atomic mass is 9.99. The van der Waals surface area contributed by atoms with E-state index in [2.05, 4.69) is 13.0 Å². The topological polar surface area (TPSA) is 38.7 Å². The van der Waals surface area contributed by atoms with Gasteiger partial charge in [0.15, 0.2) is 0 Å². The van der Waals surface area contributed by atoms with E-state index in [0.29, 0.717) is 6.42 Å². The highest BCUT2D eigenvalue weighted by atomic mass is 16.5. The molecule has 2 atom stereocenters. The van der Waals surface area contributed by atoms with Crippen LogP contribution in [0.1, 0.15) is 30.9 Å². The predicted molar refractivity (Wildman–Crippen MR) is 73.1 cm³/mol. The van der Waals surface area contributed by atoms with Crippen molar-refractivity contribution in [3.63, 3.8) is 0 Å². The fourth-order valence-electron chi connectivity index (χ4n) is 2.18. The van der Waals surface area contributed by atoms with Gasteiger partial charge >= 0.3 is 0 Å². The zero-order valence-corrected chi connectivity index (χ0v) is 11.8. The molecule has 1 aromatic carbocycles. The molecule has 0 bridgehead atoms. The first-order chi connectivity index (χ1) is 8.62. The summed E-state index contributed by atoms with van der Waals surface area (Å²) in [5, 5.41) is 10.2. The maximum Gasteiger partial charge on any atom is 0.122 e. The molecule has 0 amide bonds. The number of aliphatic hydroxyl groups excluding tert-OH is 1. The van der Waals surface area contributed by atoms with Crippen molar-refractivity contribution in [3.8, 4) is 5.75 Å². The van der Waals surface area contributed by atoms with Gasteiger partial charge in [0.05, 0.1) is 19.3 Å². The lowest BCUT2D eigenvalue weighted by Crippen LogP contribution is -2.30. The Bertz CT molecular complexity index is 363. The molecule has 0 aliphatic carbocycles. The van der Waals surface area contributed by atoms with Crippen LogP contribution < -0.4 is 4.74 Å². The van der Waals surface area contributed by atoms with E-state index in [9.17, 15) is 5.11 Å². The van der Waals surface area contributed by atoms with Gasteiger partial charge in [-0.05, 0) is 25.0 Å². The highest BCUT2D eigenvalue weighted by Gasteiger charge is 2.19. The second kappa shape index (κ2) is 7.39. The van der Waals surface area contributed by atoms with E-state index in [1.807, 2.05) is 19.1 Å². The third-order valence-electron chi connectivity index (χ3n) is 3.17. The number of hydrogen-bond acceptors (Lipinski definition) is 3. The Morgan fingerprint density at radius 2 is 2.00 bits per heavy atom. The minimum Gasteiger partial charge on any atom is -0.496 e. The second-order valence-corrected chi connectivity index (χ2v) is 4.65. The van der Waals surface area contributed by atoms with Crippen molar-refractivity contribution in [2.24, 2.45) is 0 Å². The SMILES string of the molecule is CCCC(OC)C(O)Cc1cc(C)ccc1OC. The number of rotatable bonds is 7. The van der Waals surface area contributed by atoms with E-state index in [1.54, 1.807) is 14.2 Å². The molecule has 0 aromatic heterocycles. The normalized spacial score (nSPS) is 14.3. The molecule has 0 aliphatic rings. The Labute approximate surface area is 110 Å². The van der Waals surface area contributed by atoms with Crippen molar-refractivity contribution >= 4 is 0 Å². The maximum absolute atomic E-state index is 10.2. The smallest absolute Gasteiger partial charge is 0.122 e. The van der Waals surface area contributed by atoms with Gasteiger partial charge in [-0.3, -0.25) is 0 Å². The molecule has 18 heavy (non-hydrogen) atoms. The summed E-state index contributed by atoms with van der Waals surface area (Å²) in [6.07, 6.45) is 1.82. The molecule has 3 heteroatoms. The summed E-state index contributed by atoms with van der Waals surface area (Å²) in [6.45, 7) is 4.13. The molecule has 1 N–H and O–H groups in total. The van der Waals surface area contributed by atoms with Crippen molar-refractivity contribution in [3.05, 3.63) is 29.3 Å². The van der Waals surface area contributed by atoms with Crippen LogP contribution in [0.3, 0.4) is 0 Å². The van der Waals surface area contributed by atoms with Crippen LogP contribution in [-0.4, -0.2) is 31.5 Å². The average molecular weight is 252 g/mol. The Morgan fingerprint density at radius 1 is 1.28 bits per heavy atom. The van der Waals surface area contributed by atoms with Gasteiger partial charge < -0.3 is 14.6 Å². The van der Waals surface area contributed by atoms with Gasteiger partial charge in [0.2, 0.25) is 0 Å². The summed E-state index contributed by atoms with van der Waals surface area (Å²) >= 11 is 0. The quantitative estimate of drug-likeness (QED) is 0.811. The number of ether oxygens (including phenoxy) is 2. The Balaban J connectivity index is 2.79. The Hall–Kier alpha value is -1.06. The lowest BCUT2D eigenvalue weighted by molar-refractivity contribution is -0.0161. The van der Waals surface area contributed by atoms with Gasteiger partial charge in [0.1, 0.15) is 5.75 Å². The van der Waals surface area contributed by atoms with Crippen LogP contribution in [0, 0.1) is 6.92 Å². The van der Waals surface area contributed by atoms with Gasteiger partial charge in [-0.1, -0.05) is 31.0 Å². The number of benzene rings is 1. The molecular formula is C15H24O3. The molecular weight excluding hydrogens is 228 g/mol. The minimum absolute atomic E-state index is 0.111. The Morgan fingerprint density at radius 3 is 2.56 bits per heavy atom. The van der Waals surface area contributed by atoms with Crippen LogP contribution in [0.15, 0.2) is 18.2 Å². The summed E-state index contributed by atoms with van der Waals surface area (Å²) in [6, 6.07) is 6.01. The van der Waals surface area contributed by atoms with Gasteiger partial charge in [0.25, 0.3) is 0 Å². The first-order valence-corrected chi connectivity index (χ1v) is 6.46. The minimum atomic E-state index is -0.495. The summed E-state index contributed by atoms with van der Waals surface area (Å²) in [4.78, 5) is 0. The average Bonchev–Trinajstić information content (AvgIpc) is 2.36. The van der Waals surface area contributed by atoms with Crippen molar-refractivity contribution < 1.29 is 14.6 Å². The Kier molecular flexibility index (Phi) is 6.16. The van der Waals surface area contributed by atoms with Crippen molar-refractivity contribution in [2.75, 3.05) is 14.2 Å². The van der Waals surface area contributed by atoms with Gasteiger partial charge in [-0.25, -0.2) is 0 Å². The van der Waals surface area contributed by atoms with E-state index in [0.717, 1.165) is 24.2 Å². The van der Waals surface area contributed by atoms with Crippen LogP contribution in [-0.2, 0) is 11.2 Å². The second-order valence-electron chi connectivity index (χ2n) is 4.65. The molecule has 2 unspecified atom stereocenters. The molecule has 0 radical (unpaired) electrons. The predicted octanol–water partition coefficient (Wildman–Crippen LogP) is 2.72. The molecule has 0 aliphatic heterocycles. The monoisotopic (exact) mass is 252 g/mol. The van der Waals surface area contributed by atoms with Crippen molar-refractivity contribution in [2.45, 2.75) is 45.3 Å². The zero-order valence-electron chi connectivity index (χ0n) is 11.8. The fraction of sp³-hybridized carbons (Fsp3) is 0.600. The van der Waals surface area contributed by atoms with E-state index in [1.165, 1.54) is 5.56 Å². The molecule has 3 nitrogen and oxygen atoms in total. The molecule has 102 valence electrons. The van der Waals surface area contributed by atoms with Crippen LogP contribution >= 0.6 is 0 Å². The number of aryl methyl sites for hydroxylation is 1. The molecule has 0 spiro atoms. The van der Waals surface area contributed by atoms with E-state index < -0.39 is 6.10 Å². The molecule has 0 heterocycles. The first kappa shape index (κ1) is 15.0. The number of aliphatic hydroxyl groups is 1. The molecule has 0 fully saturated rings. The van der Waals surface area contributed by atoms with E-state index in [-0.39, 0.29) is 6.10 Å². The third-order valence-corrected chi connectivity index (χ3v) is 3.17. The fourth-order valence-corrected chi connectivity index (χ4v) is 2.18. The van der Waals surface area contributed by atoms with Crippen LogP contribution in [0.2, 0.25) is 0 Å². The van der Waals surface area contributed by atoms with Crippen molar-refractivity contribution in [1.82, 2.24) is 0 Å². The molecule has 1 rings (SSSR count). The highest BCUT2D eigenvalue weighted by Crippen LogP contribution is 2.23. The molecule has 0 saturated carbocycles. The summed E-state index contributed by atoms with van der Waals surface area (Å²) in [7, 11) is 3.30. The largest absolute Gasteiger partial charge is 0.496 e. The summed E-state index contributed by atoms with van der Waals surface area (Å²) in [5.74, 6) is 0.825. The summed E-state index contributed by atoms with van der Waals surface area (Å²) in [5.41, 5.74) is 2.20.